The van der Waals surface area contributed by atoms with E-state index in [0.29, 0.717) is 32.2 Å². The van der Waals surface area contributed by atoms with E-state index in [1.165, 1.54) is 11.3 Å². The Morgan fingerprint density at radius 2 is 1.37 bits per heavy atom. The molecular formula is C29H24N4O2S3. The first kappa shape index (κ1) is 24.7. The summed E-state index contributed by atoms with van der Waals surface area (Å²) in [7, 11) is 0. The fraction of sp³-hybridized carbons (Fsp3) is 0.138. The lowest BCUT2D eigenvalue weighted by Gasteiger charge is -2.20. The van der Waals surface area contributed by atoms with Crippen LogP contribution >= 0.6 is 35.3 Å². The highest BCUT2D eigenvalue weighted by Crippen LogP contribution is 2.45. The van der Waals surface area contributed by atoms with Crippen molar-refractivity contribution >= 4 is 74.1 Å². The summed E-state index contributed by atoms with van der Waals surface area (Å²) in [5.41, 5.74) is 2.85. The number of carbonyl (C=O) groups excluding carboxylic acids is 1. The predicted octanol–water partition coefficient (Wildman–Crippen LogP) is 4.57. The summed E-state index contributed by atoms with van der Waals surface area (Å²) in [4.78, 5) is 34.7. The van der Waals surface area contributed by atoms with E-state index in [-0.39, 0.29) is 11.5 Å². The average Bonchev–Trinajstić information content (AvgIpc) is 3.57. The minimum Gasteiger partial charge on any atom is -0.334 e. The summed E-state index contributed by atoms with van der Waals surface area (Å²) >= 11 is 8.87. The summed E-state index contributed by atoms with van der Waals surface area (Å²) < 4.78 is 2.93. The van der Waals surface area contributed by atoms with Crippen molar-refractivity contribution < 1.29 is 4.79 Å². The van der Waals surface area contributed by atoms with Crippen LogP contribution in [0.15, 0.2) is 94.6 Å². The molecule has 0 unspecified atom stereocenters. The third-order valence-corrected chi connectivity index (χ3v) is 9.42. The number of thiazole rings is 1. The second-order valence-electron chi connectivity index (χ2n) is 8.68. The summed E-state index contributed by atoms with van der Waals surface area (Å²) in [6.45, 7) is 5.17. The molecule has 6 rings (SSSR count). The second-order valence-corrected chi connectivity index (χ2v) is 11.1. The lowest BCUT2D eigenvalue weighted by Crippen LogP contribution is -2.36. The topological polar surface area (TPSA) is 48.8 Å². The van der Waals surface area contributed by atoms with Crippen LogP contribution in [-0.2, 0) is 11.3 Å². The molecule has 4 aromatic rings. The Morgan fingerprint density at radius 3 is 2.00 bits per heavy atom. The van der Waals surface area contributed by atoms with Gasteiger partial charge in [0.05, 0.1) is 11.4 Å². The number of aromatic nitrogens is 1. The number of carbonyl (C=O) groups is 1. The zero-order valence-electron chi connectivity index (χ0n) is 20.8. The lowest BCUT2D eigenvalue weighted by molar-refractivity contribution is -0.112. The number of hydrogen-bond donors (Lipinski definition) is 0. The Labute approximate surface area is 233 Å². The Kier molecular flexibility index (Phi) is 6.43. The highest BCUT2D eigenvalue weighted by molar-refractivity contribution is 8.08. The Bertz CT molecular complexity index is 1750. The molecule has 1 aromatic heterocycles. The van der Waals surface area contributed by atoms with Crippen molar-refractivity contribution in [2.75, 3.05) is 21.2 Å². The van der Waals surface area contributed by atoms with Crippen molar-refractivity contribution in [3.63, 3.8) is 0 Å². The highest BCUT2D eigenvalue weighted by Gasteiger charge is 2.41. The van der Waals surface area contributed by atoms with Crippen LogP contribution in [0.4, 0.5) is 17.1 Å². The first-order valence-corrected chi connectivity index (χ1v) is 14.4. The number of nitrogens with zero attached hydrogens (tertiary/aromatic N) is 4. The van der Waals surface area contributed by atoms with Crippen molar-refractivity contribution in [1.82, 2.24) is 4.57 Å². The van der Waals surface area contributed by atoms with Crippen molar-refractivity contribution in [1.29, 1.82) is 0 Å². The fourth-order valence-corrected chi connectivity index (χ4v) is 7.80. The Hall–Kier alpha value is -3.66. The molecule has 2 aliphatic heterocycles. The molecule has 1 saturated heterocycles. The molecule has 1 fully saturated rings. The smallest absolute Gasteiger partial charge is 0.284 e. The van der Waals surface area contributed by atoms with Gasteiger partial charge < -0.3 is 4.90 Å². The maximum absolute atomic E-state index is 14.1. The molecule has 0 aliphatic carbocycles. The van der Waals surface area contributed by atoms with E-state index < -0.39 is 0 Å². The van der Waals surface area contributed by atoms with Crippen LogP contribution in [-0.4, -0.2) is 22.1 Å². The molecule has 6 nitrogen and oxygen atoms in total. The molecule has 0 N–H and O–H groups in total. The first-order chi connectivity index (χ1) is 18.5. The number of fused-ring (bicyclic) bond motifs is 1. The van der Waals surface area contributed by atoms with Crippen LogP contribution in [0.1, 0.15) is 13.8 Å². The summed E-state index contributed by atoms with van der Waals surface area (Å²) in [6.07, 6.45) is 0. The normalized spacial score (nSPS) is 18.0. The van der Waals surface area contributed by atoms with Crippen LogP contribution in [0.3, 0.4) is 0 Å². The number of rotatable bonds is 4. The van der Waals surface area contributed by atoms with Gasteiger partial charge in [0, 0.05) is 23.7 Å². The molecule has 0 atom stereocenters. The van der Waals surface area contributed by atoms with Crippen molar-refractivity contribution in [3.8, 4) is 0 Å². The summed E-state index contributed by atoms with van der Waals surface area (Å²) in [5, 5.41) is 1.26. The number of amides is 1. The SMILES string of the molecule is CCN1/C(=c2\s/c(=C3/C(=O)N(c4ccccc4)C(=S)N3c3ccccc3)n(CC)c2=O)Sc2ccccc21. The van der Waals surface area contributed by atoms with Gasteiger partial charge in [0.2, 0.25) is 0 Å². The van der Waals surface area contributed by atoms with Gasteiger partial charge in [-0.15, -0.1) is 11.3 Å². The fourth-order valence-electron chi connectivity index (χ4n) is 4.82. The molecular weight excluding hydrogens is 533 g/mol. The molecule has 0 bridgehead atoms. The third-order valence-electron chi connectivity index (χ3n) is 6.56. The molecule has 2 aliphatic rings. The Balaban J connectivity index is 1.66. The molecule has 38 heavy (non-hydrogen) atoms. The molecule has 3 heterocycles. The van der Waals surface area contributed by atoms with Gasteiger partial charge in [-0.05, 0) is 62.5 Å². The van der Waals surface area contributed by atoms with Gasteiger partial charge in [-0.25, -0.2) is 0 Å². The van der Waals surface area contributed by atoms with Crippen molar-refractivity contribution in [2.24, 2.45) is 0 Å². The van der Waals surface area contributed by atoms with E-state index in [1.807, 2.05) is 79.7 Å². The average molecular weight is 557 g/mol. The van der Waals surface area contributed by atoms with Crippen LogP contribution < -0.4 is 29.5 Å². The van der Waals surface area contributed by atoms with Gasteiger partial charge in [0.25, 0.3) is 11.5 Å². The van der Waals surface area contributed by atoms with Crippen molar-refractivity contribution in [3.05, 3.63) is 104 Å². The van der Waals surface area contributed by atoms with E-state index in [4.69, 9.17) is 12.2 Å². The standard InChI is InChI=1S/C29H24N4O2S3/c1-3-30-21-17-11-12-18-22(21)37-28(30)24-26(35)31(4-2)27(38-24)23-25(34)33(20-15-9-6-10-16-20)29(36)32(23)19-13-7-5-8-14-19/h5-18H,3-4H2,1-2H3/b27-23-,28-24+. The molecule has 0 spiro atoms. The maximum atomic E-state index is 14.1. The van der Waals surface area contributed by atoms with Gasteiger partial charge >= 0.3 is 0 Å². The zero-order valence-corrected chi connectivity index (χ0v) is 23.3. The minimum atomic E-state index is -0.250. The molecule has 1 amide bonds. The number of benzene rings is 3. The lowest BCUT2D eigenvalue weighted by atomic mass is 10.3. The zero-order chi connectivity index (χ0) is 26.4. The van der Waals surface area contributed by atoms with Gasteiger partial charge in [-0.2, -0.15) is 0 Å². The van der Waals surface area contributed by atoms with E-state index in [0.717, 1.165) is 27.8 Å². The minimum absolute atomic E-state index is 0.0985. The number of hydrogen-bond acceptors (Lipinski definition) is 6. The highest BCUT2D eigenvalue weighted by atomic mass is 32.2. The second kappa shape index (κ2) is 9.90. The number of para-hydroxylation sites is 3. The van der Waals surface area contributed by atoms with E-state index >= 15 is 0 Å². The Morgan fingerprint density at radius 1 is 0.763 bits per heavy atom. The van der Waals surface area contributed by atoms with E-state index in [9.17, 15) is 9.59 Å². The number of thioether (sulfide) groups is 1. The molecule has 0 radical (unpaired) electrons. The van der Waals surface area contributed by atoms with Crippen molar-refractivity contribution in [2.45, 2.75) is 25.3 Å². The van der Waals surface area contributed by atoms with Gasteiger partial charge in [-0.3, -0.25) is 24.0 Å². The van der Waals surface area contributed by atoms with Gasteiger partial charge in [0.1, 0.15) is 19.9 Å². The molecule has 190 valence electrons. The summed E-state index contributed by atoms with van der Waals surface area (Å²) in [5.74, 6) is -0.250. The van der Waals surface area contributed by atoms with Crippen LogP contribution in [0, 0.1) is 0 Å². The van der Waals surface area contributed by atoms with Gasteiger partial charge in [-0.1, -0.05) is 60.3 Å². The van der Waals surface area contributed by atoms with Crippen LogP contribution in [0.25, 0.3) is 10.7 Å². The molecule has 9 heteroatoms. The number of anilines is 3. The van der Waals surface area contributed by atoms with E-state index in [1.54, 1.807) is 26.1 Å². The number of thiocarbonyl (C=S) groups is 1. The largest absolute Gasteiger partial charge is 0.334 e. The molecule has 0 saturated carbocycles. The monoisotopic (exact) mass is 556 g/mol. The first-order valence-electron chi connectivity index (χ1n) is 12.4. The third kappa shape index (κ3) is 3.81. The predicted molar refractivity (Wildman–Crippen MR) is 161 cm³/mol. The van der Waals surface area contributed by atoms with Crippen LogP contribution in [0.5, 0.6) is 0 Å². The molecule has 3 aromatic carbocycles. The maximum Gasteiger partial charge on any atom is 0.284 e. The van der Waals surface area contributed by atoms with Crippen LogP contribution in [0.2, 0.25) is 0 Å². The van der Waals surface area contributed by atoms with E-state index in [2.05, 4.69) is 24.0 Å². The van der Waals surface area contributed by atoms with Gasteiger partial charge in [0.15, 0.2) is 5.11 Å². The quantitative estimate of drug-likeness (QED) is 0.343. The summed E-state index contributed by atoms with van der Waals surface area (Å²) in [6, 6.07) is 27.2.